The second-order valence-corrected chi connectivity index (χ2v) is 7.46. The topological polar surface area (TPSA) is 72.2 Å². The lowest BCUT2D eigenvalue weighted by Gasteiger charge is -2.12. The molecule has 0 radical (unpaired) electrons. The van der Waals surface area contributed by atoms with Crippen LogP contribution in [0.4, 0.5) is 11.4 Å². The summed E-state index contributed by atoms with van der Waals surface area (Å²) in [5, 5.41) is -0.0403. The van der Waals surface area contributed by atoms with Crippen LogP contribution in [-0.4, -0.2) is 14.7 Å². The van der Waals surface area contributed by atoms with Crippen LogP contribution in [0.1, 0.15) is 0 Å². The summed E-state index contributed by atoms with van der Waals surface area (Å²) in [5.41, 5.74) is 6.30. The van der Waals surface area contributed by atoms with Crippen molar-refractivity contribution < 1.29 is 8.42 Å². The van der Waals surface area contributed by atoms with Gasteiger partial charge in [0.1, 0.15) is 4.90 Å². The number of hydrogen-bond acceptors (Lipinski definition) is 4. The molecule has 8 heteroatoms. The van der Waals surface area contributed by atoms with Crippen molar-refractivity contribution in [3.8, 4) is 0 Å². The summed E-state index contributed by atoms with van der Waals surface area (Å²) in [6, 6.07) is 9.66. The Labute approximate surface area is 137 Å². The fraction of sp³-hybridized carbons (Fsp3) is 0.0769. The van der Waals surface area contributed by atoms with Crippen molar-refractivity contribution in [2.24, 2.45) is 0 Å². The zero-order valence-corrected chi connectivity index (χ0v) is 14.1. The number of halogens is 2. The maximum Gasteiger partial charge on any atom is 0.264 e. The summed E-state index contributed by atoms with van der Waals surface area (Å²) >= 11 is 13.5. The van der Waals surface area contributed by atoms with Crippen molar-refractivity contribution in [2.75, 3.05) is 16.7 Å². The molecule has 0 heterocycles. The molecule has 0 spiro atoms. The molecular weight excluding hydrogens is 351 g/mol. The molecule has 0 atom stereocenters. The van der Waals surface area contributed by atoms with Crippen LogP contribution in [0.2, 0.25) is 10.0 Å². The molecular formula is C13H12Cl2N2O2S2. The van der Waals surface area contributed by atoms with Gasteiger partial charge < -0.3 is 5.73 Å². The van der Waals surface area contributed by atoms with E-state index >= 15 is 0 Å². The van der Waals surface area contributed by atoms with Crippen LogP contribution >= 0.6 is 35.0 Å². The predicted octanol–water partition coefficient (Wildman–Crippen LogP) is 4.10. The van der Waals surface area contributed by atoms with E-state index in [0.29, 0.717) is 11.4 Å². The van der Waals surface area contributed by atoms with Gasteiger partial charge in [0, 0.05) is 16.3 Å². The average Bonchev–Trinajstić information content (AvgIpc) is 2.37. The highest BCUT2D eigenvalue weighted by molar-refractivity contribution is 7.98. The van der Waals surface area contributed by atoms with Crippen LogP contribution < -0.4 is 10.5 Å². The SMILES string of the molecule is CSc1ccc(NS(=O)(=O)c2c(Cl)cc(N)cc2Cl)cc1. The quantitative estimate of drug-likeness (QED) is 0.634. The molecule has 0 aliphatic carbocycles. The highest BCUT2D eigenvalue weighted by atomic mass is 35.5. The van der Waals surface area contributed by atoms with E-state index in [1.807, 2.05) is 18.4 Å². The van der Waals surface area contributed by atoms with Gasteiger partial charge in [0.15, 0.2) is 0 Å². The van der Waals surface area contributed by atoms with Crippen molar-refractivity contribution in [1.82, 2.24) is 0 Å². The molecule has 0 aliphatic heterocycles. The van der Waals surface area contributed by atoms with Gasteiger partial charge in [0.2, 0.25) is 0 Å². The predicted molar refractivity (Wildman–Crippen MR) is 89.9 cm³/mol. The molecule has 0 amide bonds. The highest BCUT2D eigenvalue weighted by Crippen LogP contribution is 2.33. The summed E-state index contributed by atoms with van der Waals surface area (Å²) in [7, 11) is -3.89. The lowest BCUT2D eigenvalue weighted by molar-refractivity contribution is 0.601. The Kier molecular flexibility index (Phi) is 4.93. The molecule has 4 nitrogen and oxygen atoms in total. The number of nitrogen functional groups attached to an aromatic ring is 1. The Morgan fingerprint density at radius 1 is 1.10 bits per heavy atom. The maximum atomic E-state index is 12.4. The molecule has 112 valence electrons. The minimum Gasteiger partial charge on any atom is -0.399 e. The number of sulfonamides is 1. The number of hydrogen-bond donors (Lipinski definition) is 2. The second-order valence-electron chi connectivity index (χ2n) is 4.15. The molecule has 0 saturated heterocycles. The fourth-order valence-electron chi connectivity index (χ4n) is 1.70. The first kappa shape index (κ1) is 16.3. The Bertz CT molecular complexity index is 739. The van der Waals surface area contributed by atoms with Gasteiger partial charge in [-0.25, -0.2) is 8.42 Å². The van der Waals surface area contributed by atoms with Crippen LogP contribution in [-0.2, 0) is 10.0 Å². The smallest absolute Gasteiger partial charge is 0.264 e. The fourth-order valence-corrected chi connectivity index (χ4v) is 4.40. The van der Waals surface area contributed by atoms with E-state index in [-0.39, 0.29) is 14.9 Å². The summed E-state index contributed by atoms with van der Waals surface area (Å²) in [6.45, 7) is 0. The van der Waals surface area contributed by atoms with Crippen LogP contribution in [0.25, 0.3) is 0 Å². The van der Waals surface area contributed by atoms with Gasteiger partial charge in [-0.2, -0.15) is 0 Å². The first-order chi connectivity index (χ1) is 9.83. The van der Waals surface area contributed by atoms with Crippen molar-refractivity contribution in [2.45, 2.75) is 9.79 Å². The van der Waals surface area contributed by atoms with Gasteiger partial charge in [-0.1, -0.05) is 23.2 Å². The zero-order valence-electron chi connectivity index (χ0n) is 10.9. The molecule has 0 unspecified atom stereocenters. The van der Waals surface area contributed by atoms with Gasteiger partial charge in [0.25, 0.3) is 10.0 Å². The first-order valence-electron chi connectivity index (χ1n) is 5.75. The zero-order chi connectivity index (χ0) is 15.6. The summed E-state index contributed by atoms with van der Waals surface area (Å²) in [6.07, 6.45) is 1.94. The Morgan fingerprint density at radius 2 is 1.62 bits per heavy atom. The molecule has 0 fully saturated rings. The third-order valence-corrected chi connectivity index (χ3v) is 5.68. The molecule has 0 saturated carbocycles. The molecule has 0 bridgehead atoms. The molecule has 0 aliphatic rings. The van der Waals surface area contributed by atoms with Crippen LogP contribution in [0.15, 0.2) is 46.2 Å². The van der Waals surface area contributed by atoms with Crippen molar-refractivity contribution in [3.05, 3.63) is 46.4 Å². The second kappa shape index (κ2) is 6.36. The van der Waals surface area contributed by atoms with E-state index in [1.165, 1.54) is 12.1 Å². The number of nitrogens with one attached hydrogen (secondary N) is 1. The largest absolute Gasteiger partial charge is 0.399 e. The Hall–Kier alpha value is -1.08. The molecule has 3 N–H and O–H groups in total. The molecule has 0 aromatic heterocycles. The average molecular weight is 363 g/mol. The van der Waals surface area contributed by atoms with E-state index in [0.717, 1.165) is 4.90 Å². The van der Waals surface area contributed by atoms with Crippen LogP contribution in [0.3, 0.4) is 0 Å². The molecule has 2 rings (SSSR count). The lowest BCUT2D eigenvalue weighted by atomic mass is 10.3. The minimum atomic E-state index is -3.89. The van der Waals surface area contributed by atoms with Gasteiger partial charge in [0.05, 0.1) is 10.0 Å². The Morgan fingerprint density at radius 3 is 2.10 bits per heavy atom. The monoisotopic (exact) mass is 362 g/mol. The summed E-state index contributed by atoms with van der Waals surface area (Å²) < 4.78 is 27.2. The van der Waals surface area contributed by atoms with E-state index in [2.05, 4.69) is 4.72 Å². The van der Waals surface area contributed by atoms with Gasteiger partial charge in [-0.05, 0) is 42.7 Å². The number of nitrogens with two attached hydrogens (primary N) is 1. The lowest BCUT2D eigenvalue weighted by Crippen LogP contribution is -2.14. The van der Waals surface area contributed by atoms with Gasteiger partial charge in [-0.3, -0.25) is 4.72 Å². The minimum absolute atomic E-state index is 0.0202. The van der Waals surface area contributed by atoms with Crippen molar-refractivity contribution in [3.63, 3.8) is 0 Å². The maximum absolute atomic E-state index is 12.4. The third-order valence-electron chi connectivity index (χ3n) is 2.63. The summed E-state index contributed by atoms with van der Waals surface area (Å²) in [5.74, 6) is 0. The van der Waals surface area contributed by atoms with Crippen molar-refractivity contribution in [1.29, 1.82) is 0 Å². The van der Waals surface area contributed by atoms with Crippen molar-refractivity contribution >= 4 is 56.4 Å². The third kappa shape index (κ3) is 3.77. The van der Waals surface area contributed by atoms with E-state index in [1.54, 1.807) is 23.9 Å². The highest BCUT2D eigenvalue weighted by Gasteiger charge is 2.22. The molecule has 2 aromatic rings. The first-order valence-corrected chi connectivity index (χ1v) is 9.21. The van der Waals surface area contributed by atoms with Gasteiger partial charge in [-0.15, -0.1) is 11.8 Å². The van der Waals surface area contributed by atoms with E-state index < -0.39 is 10.0 Å². The van der Waals surface area contributed by atoms with Crippen LogP contribution in [0.5, 0.6) is 0 Å². The normalized spacial score (nSPS) is 11.4. The number of thioether (sulfide) groups is 1. The standard InChI is InChI=1S/C13H12Cl2N2O2S2/c1-20-10-4-2-9(3-5-10)17-21(18,19)13-11(14)6-8(16)7-12(13)15/h2-7,17H,16H2,1H3. The molecule has 2 aromatic carbocycles. The van der Waals surface area contributed by atoms with Gasteiger partial charge >= 0.3 is 0 Å². The Balaban J connectivity index is 2.38. The van der Waals surface area contributed by atoms with E-state index in [4.69, 9.17) is 28.9 Å². The number of rotatable bonds is 4. The molecule has 21 heavy (non-hydrogen) atoms. The van der Waals surface area contributed by atoms with Crippen LogP contribution in [0, 0.1) is 0 Å². The van der Waals surface area contributed by atoms with E-state index in [9.17, 15) is 8.42 Å². The number of anilines is 2. The summed E-state index contributed by atoms with van der Waals surface area (Å²) in [4.78, 5) is 0.843. The number of benzene rings is 2.